The van der Waals surface area contributed by atoms with Crippen molar-refractivity contribution < 1.29 is 0 Å². The maximum absolute atomic E-state index is 6.05. The highest BCUT2D eigenvalue weighted by atomic mass is 35.5. The zero-order valence-corrected chi connectivity index (χ0v) is 10.4. The van der Waals surface area contributed by atoms with Gasteiger partial charge in [0.2, 0.25) is 0 Å². The lowest BCUT2D eigenvalue weighted by molar-refractivity contribution is 0.710. The van der Waals surface area contributed by atoms with Gasteiger partial charge in [0.05, 0.1) is 17.3 Å². The first-order valence-corrected chi connectivity index (χ1v) is 5.57. The van der Waals surface area contributed by atoms with Crippen LogP contribution in [0.2, 0.25) is 5.02 Å². The molecule has 4 heteroatoms. The van der Waals surface area contributed by atoms with Gasteiger partial charge in [0.25, 0.3) is 0 Å². The summed E-state index contributed by atoms with van der Waals surface area (Å²) >= 11 is 6.05. The van der Waals surface area contributed by atoms with Crippen molar-refractivity contribution in [3.8, 4) is 12.3 Å². The monoisotopic (exact) mass is 237 g/mol. The molecule has 0 radical (unpaired) electrons. The van der Waals surface area contributed by atoms with Crippen LogP contribution < -0.4 is 10.2 Å². The number of aromatic nitrogens is 1. The minimum absolute atomic E-state index is 0.537. The summed E-state index contributed by atoms with van der Waals surface area (Å²) in [6.45, 7) is 4.15. The zero-order chi connectivity index (χ0) is 12.0. The molecule has 0 amide bonds. The lowest BCUT2D eigenvalue weighted by Crippen LogP contribution is -2.20. The summed E-state index contributed by atoms with van der Waals surface area (Å²) in [5, 5.41) is 3.88. The minimum atomic E-state index is 0.537. The molecular weight excluding hydrogens is 222 g/mol. The first-order chi connectivity index (χ1) is 7.69. The summed E-state index contributed by atoms with van der Waals surface area (Å²) < 4.78 is 0. The number of halogens is 1. The second kappa shape index (κ2) is 6.37. The molecule has 0 bridgehead atoms. The molecule has 0 saturated carbocycles. The number of anilines is 1. The number of hydrogen-bond acceptors (Lipinski definition) is 3. The SMILES string of the molecule is C#CCN(C)c1ccc(Cl)c(CNCC)n1. The quantitative estimate of drug-likeness (QED) is 0.794. The summed E-state index contributed by atoms with van der Waals surface area (Å²) in [5.41, 5.74) is 0.852. The average molecular weight is 238 g/mol. The molecule has 1 N–H and O–H groups in total. The Balaban J connectivity index is 2.85. The van der Waals surface area contributed by atoms with E-state index in [1.807, 2.05) is 31.0 Å². The highest BCUT2D eigenvalue weighted by Gasteiger charge is 2.06. The second-order valence-electron chi connectivity index (χ2n) is 3.44. The Morgan fingerprint density at radius 2 is 2.31 bits per heavy atom. The molecule has 16 heavy (non-hydrogen) atoms. The van der Waals surface area contributed by atoms with E-state index in [4.69, 9.17) is 18.0 Å². The van der Waals surface area contributed by atoms with Crippen LogP contribution in [0.3, 0.4) is 0 Å². The van der Waals surface area contributed by atoms with Crippen LogP contribution in [0.5, 0.6) is 0 Å². The fraction of sp³-hybridized carbons (Fsp3) is 0.417. The van der Waals surface area contributed by atoms with E-state index >= 15 is 0 Å². The van der Waals surface area contributed by atoms with Gasteiger partial charge < -0.3 is 10.2 Å². The van der Waals surface area contributed by atoms with Crippen molar-refractivity contribution in [1.82, 2.24) is 10.3 Å². The average Bonchev–Trinajstić information content (AvgIpc) is 2.28. The molecule has 1 aromatic rings. The van der Waals surface area contributed by atoms with Crippen molar-refractivity contribution in [3.05, 3.63) is 22.8 Å². The van der Waals surface area contributed by atoms with E-state index in [0.29, 0.717) is 18.1 Å². The molecule has 1 aromatic heterocycles. The summed E-state index contributed by atoms with van der Waals surface area (Å²) in [6.07, 6.45) is 5.26. The van der Waals surface area contributed by atoms with E-state index in [1.54, 1.807) is 0 Å². The third kappa shape index (κ3) is 3.41. The van der Waals surface area contributed by atoms with Crippen LogP contribution in [-0.4, -0.2) is 25.1 Å². The third-order valence-electron chi connectivity index (χ3n) is 2.17. The largest absolute Gasteiger partial charge is 0.349 e. The van der Waals surface area contributed by atoms with Crippen LogP contribution >= 0.6 is 11.6 Å². The summed E-state index contributed by atoms with van der Waals surface area (Å²) in [5.74, 6) is 3.42. The molecule has 0 saturated heterocycles. The van der Waals surface area contributed by atoms with Crippen molar-refractivity contribution in [2.75, 3.05) is 25.0 Å². The zero-order valence-electron chi connectivity index (χ0n) is 9.63. The van der Waals surface area contributed by atoms with Crippen LogP contribution in [0.1, 0.15) is 12.6 Å². The standard InChI is InChI=1S/C12H16ClN3/c1-4-8-16(3)12-7-6-10(13)11(15-12)9-14-5-2/h1,6-7,14H,5,8-9H2,2-3H3. The Labute approximate surface area is 102 Å². The van der Waals surface area contributed by atoms with Crippen LogP contribution in [0.25, 0.3) is 0 Å². The fourth-order valence-corrected chi connectivity index (χ4v) is 1.44. The molecule has 0 aliphatic heterocycles. The van der Waals surface area contributed by atoms with Gasteiger partial charge in [0, 0.05) is 13.6 Å². The molecule has 0 unspecified atom stereocenters. The molecule has 0 atom stereocenters. The molecule has 0 aliphatic rings. The number of terminal acetylenes is 1. The van der Waals surface area contributed by atoms with Gasteiger partial charge in [-0.3, -0.25) is 0 Å². The minimum Gasteiger partial charge on any atom is -0.349 e. The first kappa shape index (κ1) is 12.8. The highest BCUT2D eigenvalue weighted by Crippen LogP contribution is 2.18. The van der Waals surface area contributed by atoms with Gasteiger partial charge in [-0.15, -0.1) is 6.42 Å². The number of hydrogen-bond donors (Lipinski definition) is 1. The molecule has 0 fully saturated rings. The van der Waals surface area contributed by atoms with Crippen molar-refractivity contribution >= 4 is 17.4 Å². The Morgan fingerprint density at radius 1 is 1.56 bits per heavy atom. The fourth-order valence-electron chi connectivity index (χ4n) is 1.27. The van der Waals surface area contributed by atoms with Crippen LogP contribution in [0.4, 0.5) is 5.82 Å². The first-order valence-electron chi connectivity index (χ1n) is 5.19. The number of nitrogens with zero attached hydrogens (tertiary/aromatic N) is 2. The van der Waals surface area contributed by atoms with Crippen LogP contribution in [0, 0.1) is 12.3 Å². The van der Waals surface area contributed by atoms with E-state index < -0.39 is 0 Å². The summed E-state index contributed by atoms with van der Waals surface area (Å²) in [7, 11) is 1.91. The molecule has 0 aliphatic carbocycles. The van der Waals surface area contributed by atoms with Gasteiger partial charge in [-0.25, -0.2) is 4.98 Å². The second-order valence-corrected chi connectivity index (χ2v) is 3.85. The van der Waals surface area contributed by atoms with Crippen molar-refractivity contribution in [2.24, 2.45) is 0 Å². The lowest BCUT2D eigenvalue weighted by atomic mass is 10.3. The van der Waals surface area contributed by atoms with Gasteiger partial charge in [0.15, 0.2) is 0 Å². The van der Waals surface area contributed by atoms with Gasteiger partial charge in [-0.05, 0) is 18.7 Å². The third-order valence-corrected chi connectivity index (χ3v) is 2.51. The van der Waals surface area contributed by atoms with Gasteiger partial charge >= 0.3 is 0 Å². The molecule has 3 nitrogen and oxygen atoms in total. The van der Waals surface area contributed by atoms with E-state index in [9.17, 15) is 0 Å². The van der Waals surface area contributed by atoms with Gasteiger partial charge in [-0.1, -0.05) is 24.4 Å². The molecule has 0 aromatic carbocycles. The van der Waals surface area contributed by atoms with Gasteiger partial charge in [-0.2, -0.15) is 0 Å². The Bertz CT molecular complexity index is 384. The highest BCUT2D eigenvalue weighted by molar-refractivity contribution is 6.31. The maximum Gasteiger partial charge on any atom is 0.129 e. The van der Waals surface area contributed by atoms with Crippen molar-refractivity contribution in [3.63, 3.8) is 0 Å². The van der Waals surface area contributed by atoms with Crippen LogP contribution in [0.15, 0.2) is 12.1 Å². The Kier molecular flexibility index (Phi) is 5.10. The van der Waals surface area contributed by atoms with Crippen LogP contribution in [-0.2, 0) is 6.54 Å². The van der Waals surface area contributed by atoms with E-state index in [-0.39, 0.29) is 0 Å². The molecular formula is C12H16ClN3. The summed E-state index contributed by atoms with van der Waals surface area (Å²) in [6, 6.07) is 3.72. The summed E-state index contributed by atoms with van der Waals surface area (Å²) in [4.78, 5) is 6.37. The number of pyridine rings is 1. The predicted molar refractivity (Wildman–Crippen MR) is 68.7 cm³/mol. The van der Waals surface area contributed by atoms with Crippen molar-refractivity contribution in [1.29, 1.82) is 0 Å². The Morgan fingerprint density at radius 3 is 2.94 bits per heavy atom. The van der Waals surface area contributed by atoms with E-state index in [0.717, 1.165) is 18.1 Å². The normalized spacial score (nSPS) is 9.88. The number of nitrogens with one attached hydrogen (secondary N) is 1. The van der Waals surface area contributed by atoms with Crippen molar-refractivity contribution in [2.45, 2.75) is 13.5 Å². The predicted octanol–water partition coefficient (Wildman–Crippen LogP) is 1.91. The Hall–Kier alpha value is -1.24. The topological polar surface area (TPSA) is 28.2 Å². The van der Waals surface area contributed by atoms with E-state index in [2.05, 4.69) is 16.2 Å². The molecule has 1 rings (SSSR count). The smallest absolute Gasteiger partial charge is 0.129 e. The van der Waals surface area contributed by atoms with E-state index in [1.165, 1.54) is 0 Å². The maximum atomic E-state index is 6.05. The van der Waals surface area contributed by atoms with Gasteiger partial charge in [0.1, 0.15) is 5.82 Å². The molecule has 1 heterocycles. The number of rotatable bonds is 5. The molecule has 86 valence electrons. The molecule has 0 spiro atoms. The lowest BCUT2D eigenvalue weighted by Gasteiger charge is -2.16.